The lowest BCUT2D eigenvalue weighted by Gasteiger charge is -2.72. The first kappa shape index (κ1) is 26.1. The molecule has 35 heavy (non-hydrogen) atoms. The Bertz CT molecular complexity index is 894. The lowest BCUT2D eigenvalue weighted by molar-refractivity contribution is -0.239. The van der Waals surface area contributed by atoms with Crippen molar-refractivity contribution in [3.05, 3.63) is 0 Å². The van der Waals surface area contributed by atoms with Gasteiger partial charge in [-0.05, 0) is 122 Å². The molecular weight excluding hydrogens is 457 g/mol. The van der Waals surface area contributed by atoms with E-state index in [1.54, 1.807) is 0 Å². The van der Waals surface area contributed by atoms with Crippen molar-refractivity contribution in [1.82, 2.24) is 5.48 Å². The molecule has 198 valence electrons. The molecule has 5 saturated carbocycles. The van der Waals surface area contributed by atoms with Gasteiger partial charge in [0.15, 0.2) is 8.46 Å². The molecule has 5 rings (SSSR count). The Kier molecular flexibility index (Phi) is 6.15. The van der Waals surface area contributed by atoms with E-state index < -0.39 is 11.4 Å². The summed E-state index contributed by atoms with van der Waals surface area (Å²) in [5, 5.41) is 20.4. The van der Waals surface area contributed by atoms with Crippen LogP contribution in [0, 0.1) is 56.7 Å². The number of nitrogens with one attached hydrogen (secondary N) is 1. The Morgan fingerprint density at radius 2 is 1.60 bits per heavy atom. The number of carboxylic acids is 1. The molecule has 9 unspecified atom stereocenters. The number of hydroxylamine groups is 1. The summed E-state index contributed by atoms with van der Waals surface area (Å²) in [6.45, 7) is 14.4. The van der Waals surface area contributed by atoms with Crippen molar-refractivity contribution in [1.29, 1.82) is 0 Å². The van der Waals surface area contributed by atoms with E-state index in [0.29, 0.717) is 26.2 Å². The minimum atomic E-state index is -0.627. The van der Waals surface area contributed by atoms with Crippen molar-refractivity contribution in [2.45, 2.75) is 117 Å². The molecule has 0 saturated heterocycles. The molecule has 0 spiro atoms. The molecule has 0 amide bonds. The van der Waals surface area contributed by atoms with Gasteiger partial charge in [0.25, 0.3) is 0 Å². The highest BCUT2D eigenvalue weighted by Gasteiger charge is 2.72. The third-order valence-corrected chi connectivity index (χ3v) is 15.0. The summed E-state index contributed by atoms with van der Waals surface area (Å²) in [5.74, 6) is 1.34. The fourth-order valence-corrected chi connectivity index (χ4v) is 12.5. The van der Waals surface area contributed by atoms with Gasteiger partial charge in [-0.3, -0.25) is 9.36 Å². The molecule has 0 radical (unpaired) electrons. The van der Waals surface area contributed by atoms with Gasteiger partial charge in [0.2, 0.25) is 0 Å². The summed E-state index contributed by atoms with van der Waals surface area (Å²) >= 11 is 0. The standard InChI is InChI=1S/C29H48NO4P/c1-17(30-33)18-9-14-29(24(31)32)16-15-27(5)19(23(18)29)7-8-21-26(4)12-11-22(35-34)25(2,3)20(26)10-13-28(21,27)6/h17-23,30,33H,7-16H2,1-6H3,(H,31,32)/t17?,18?,19?,20?,21?,22?,23?,26-,27?,28+,29?/m0/s1. The Hall–Kier alpha value is -0.510. The predicted octanol–water partition coefficient (Wildman–Crippen LogP) is 7.18. The molecule has 0 bridgehead atoms. The molecule has 6 heteroatoms. The molecule has 0 aliphatic heterocycles. The highest BCUT2D eigenvalue weighted by atomic mass is 31.1. The summed E-state index contributed by atoms with van der Waals surface area (Å²) in [6, 6.07) is -0.0790. The average Bonchev–Trinajstić information content (AvgIpc) is 3.20. The first-order valence-corrected chi connectivity index (χ1v) is 15.2. The van der Waals surface area contributed by atoms with Gasteiger partial charge in [0, 0.05) is 11.7 Å². The second-order valence-electron chi connectivity index (χ2n) is 14.8. The monoisotopic (exact) mass is 505 g/mol. The molecule has 0 heterocycles. The Labute approximate surface area is 213 Å². The van der Waals surface area contributed by atoms with Crippen LogP contribution in [0.5, 0.6) is 0 Å². The lowest BCUT2D eigenvalue weighted by Crippen LogP contribution is -2.67. The first-order valence-electron chi connectivity index (χ1n) is 14.3. The Balaban J connectivity index is 1.55. The van der Waals surface area contributed by atoms with Gasteiger partial charge in [-0.2, -0.15) is 0 Å². The molecule has 5 nitrogen and oxygen atoms in total. The maximum Gasteiger partial charge on any atom is 0.309 e. The minimum absolute atomic E-state index is 0.0790. The number of hydrogen-bond donors (Lipinski definition) is 3. The van der Waals surface area contributed by atoms with Crippen LogP contribution in [0.4, 0.5) is 0 Å². The van der Waals surface area contributed by atoms with E-state index in [2.05, 4.69) is 40.1 Å². The van der Waals surface area contributed by atoms with Crippen molar-refractivity contribution in [3.8, 4) is 0 Å². The molecule has 0 aromatic carbocycles. The second kappa shape index (κ2) is 8.24. The molecule has 5 aliphatic carbocycles. The van der Waals surface area contributed by atoms with Crippen molar-refractivity contribution in [2.24, 2.45) is 56.7 Å². The van der Waals surface area contributed by atoms with Gasteiger partial charge in [-0.15, -0.1) is 0 Å². The lowest BCUT2D eigenvalue weighted by atomic mass is 9.32. The van der Waals surface area contributed by atoms with E-state index in [0.717, 1.165) is 38.5 Å². The van der Waals surface area contributed by atoms with Gasteiger partial charge in [0.1, 0.15) is 0 Å². The predicted molar refractivity (Wildman–Crippen MR) is 138 cm³/mol. The van der Waals surface area contributed by atoms with Crippen LogP contribution in [0.25, 0.3) is 0 Å². The Morgan fingerprint density at radius 3 is 2.23 bits per heavy atom. The maximum absolute atomic E-state index is 12.8. The summed E-state index contributed by atoms with van der Waals surface area (Å²) in [7, 11) is 0.316. The van der Waals surface area contributed by atoms with Crippen LogP contribution >= 0.6 is 8.46 Å². The van der Waals surface area contributed by atoms with E-state index in [1.807, 2.05) is 6.92 Å². The minimum Gasteiger partial charge on any atom is -0.481 e. The van der Waals surface area contributed by atoms with Crippen LogP contribution in [-0.2, 0) is 9.36 Å². The molecule has 5 aliphatic rings. The number of fused-ring (bicyclic) bond motifs is 7. The van der Waals surface area contributed by atoms with Crippen LogP contribution < -0.4 is 5.48 Å². The largest absolute Gasteiger partial charge is 0.481 e. The summed E-state index contributed by atoms with van der Waals surface area (Å²) in [6.07, 6.45) is 10.3. The average molecular weight is 506 g/mol. The van der Waals surface area contributed by atoms with E-state index in [-0.39, 0.29) is 45.2 Å². The Morgan fingerprint density at radius 1 is 0.886 bits per heavy atom. The third-order valence-electron chi connectivity index (χ3n) is 13.9. The second-order valence-corrected chi connectivity index (χ2v) is 15.6. The highest BCUT2D eigenvalue weighted by Crippen LogP contribution is 2.77. The topological polar surface area (TPSA) is 86.6 Å². The number of rotatable bonds is 4. The fourth-order valence-electron chi connectivity index (χ4n) is 11.8. The van der Waals surface area contributed by atoms with E-state index in [9.17, 15) is 19.7 Å². The molecule has 0 aromatic rings. The molecule has 0 aromatic heterocycles. The normalized spacial score (nSPS) is 53.7. The zero-order valence-corrected chi connectivity index (χ0v) is 23.7. The van der Waals surface area contributed by atoms with Crippen LogP contribution in [-0.4, -0.2) is 28.0 Å². The van der Waals surface area contributed by atoms with Crippen molar-refractivity contribution >= 4 is 14.4 Å². The van der Waals surface area contributed by atoms with E-state index in [4.69, 9.17) is 0 Å². The molecular formula is C29H48NO4P. The third kappa shape index (κ3) is 3.16. The van der Waals surface area contributed by atoms with Crippen LogP contribution in [0.1, 0.15) is 106 Å². The van der Waals surface area contributed by atoms with Crippen molar-refractivity contribution < 1.29 is 19.7 Å². The summed E-state index contributed by atoms with van der Waals surface area (Å²) in [5.41, 5.74) is 2.78. The van der Waals surface area contributed by atoms with Gasteiger partial charge in [-0.25, -0.2) is 5.48 Å². The smallest absolute Gasteiger partial charge is 0.309 e. The molecule has 11 atom stereocenters. The number of aliphatic carboxylic acids is 1. The highest BCUT2D eigenvalue weighted by molar-refractivity contribution is 7.24. The van der Waals surface area contributed by atoms with Gasteiger partial charge in [-0.1, -0.05) is 34.6 Å². The number of carboxylic acid groups (broad SMARTS) is 1. The van der Waals surface area contributed by atoms with Crippen molar-refractivity contribution in [3.63, 3.8) is 0 Å². The van der Waals surface area contributed by atoms with E-state index >= 15 is 0 Å². The maximum atomic E-state index is 12.8. The number of carbonyl (C=O) groups is 1. The first-order chi connectivity index (χ1) is 16.3. The molecule has 3 N–H and O–H groups in total. The summed E-state index contributed by atoms with van der Waals surface area (Å²) < 4.78 is 12.1. The van der Waals surface area contributed by atoms with Gasteiger partial charge >= 0.3 is 5.97 Å². The summed E-state index contributed by atoms with van der Waals surface area (Å²) in [4.78, 5) is 12.8. The fraction of sp³-hybridized carbons (Fsp3) is 0.966. The SMILES string of the molecule is CC(NO)C1CCC2(C(=O)O)CCC3(C)C(CCC4[C@@]5(C)CCC(P=O)C(C)(C)C5CC[C@]43C)C12. The number of hydrogen-bond acceptors (Lipinski definition) is 4. The van der Waals surface area contributed by atoms with E-state index in [1.165, 1.54) is 25.7 Å². The van der Waals surface area contributed by atoms with Crippen LogP contribution in [0.2, 0.25) is 0 Å². The van der Waals surface area contributed by atoms with Crippen LogP contribution in [0.3, 0.4) is 0 Å². The van der Waals surface area contributed by atoms with Crippen LogP contribution in [0.15, 0.2) is 0 Å². The van der Waals surface area contributed by atoms with Gasteiger partial charge in [0.05, 0.1) is 5.41 Å². The zero-order valence-electron chi connectivity index (χ0n) is 22.8. The molecule has 5 fully saturated rings. The zero-order chi connectivity index (χ0) is 25.6. The van der Waals surface area contributed by atoms with Gasteiger partial charge < -0.3 is 10.3 Å². The van der Waals surface area contributed by atoms with Crippen molar-refractivity contribution in [2.75, 3.05) is 0 Å². The quantitative estimate of drug-likeness (QED) is 0.278.